The molecule has 10 nitrogen and oxygen atoms in total. The molecule has 1 aromatic rings. The van der Waals surface area contributed by atoms with Crippen molar-refractivity contribution in [3.8, 4) is 0 Å². The summed E-state index contributed by atoms with van der Waals surface area (Å²) in [5, 5.41) is 11.9. The van der Waals surface area contributed by atoms with Gasteiger partial charge in [0.25, 0.3) is 11.8 Å². The standard InChI is InChI=1S/C48H88N6O4/c1-3-5-7-9-11-13-15-17-19-21-23-29-39-51-47(57)43(31-25-27-37-49)53-45(55)41-33-35-42(36-34-41)46(56)54-44(32-26-28-38-50)48(58)52-40-30-24-22-20-18-16-14-12-10-8-6-4-2/h33-36,43-44H,3-32,37-40,49-50H2,1-2H3,(H,51,57)(H,52,58)(H,53,55)(H,54,56)/t43-,44-/m0/s1. The summed E-state index contributed by atoms with van der Waals surface area (Å²) in [7, 11) is 0. The second-order valence-electron chi connectivity index (χ2n) is 16.6. The molecule has 0 aliphatic rings. The Bertz CT molecular complexity index is 1070. The van der Waals surface area contributed by atoms with Crippen molar-refractivity contribution in [2.45, 2.75) is 219 Å². The maximum absolute atomic E-state index is 13.3. The van der Waals surface area contributed by atoms with E-state index in [4.69, 9.17) is 11.5 Å². The van der Waals surface area contributed by atoms with Gasteiger partial charge in [-0.25, -0.2) is 0 Å². The molecule has 0 aliphatic heterocycles. The number of nitrogens with two attached hydrogens (primary N) is 2. The van der Waals surface area contributed by atoms with Crippen molar-refractivity contribution in [2.24, 2.45) is 11.5 Å². The fraction of sp³-hybridized carbons (Fsp3) is 0.792. The summed E-state index contributed by atoms with van der Waals surface area (Å²) in [6.07, 6.45) is 34.2. The molecule has 1 rings (SSSR count). The average Bonchev–Trinajstić information content (AvgIpc) is 3.23. The van der Waals surface area contributed by atoms with Crippen LogP contribution in [-0.2, 0) is 9.59 Å². The van der Waals surface area contributed by atoms with Crippen LogP contribution in [-0.4, -0.2) is 61.9 Å². The third-order valence-corrected chi connectivity index (χ3v) is 11.2. The van der Waals surface area contributed by atoms with Crippen molar-refractivity contribution in [2.75, 3.05) is 26.2 Å². The number of unbranched alkanes of at least 4 members (excludes halogenated alkanes) is 24. The number of nitrogens with one attached hydrogen (secondary N) is 4. The molecule has 0 fully saturated rings. The van der Waals surface area contributed by atoms with Crippen LogP contribution in [0.5, 0.6) is 0 Å². The van der Waals surface area contributed by atoms with Gasteiger partial charge < -0.3 is 32.7 Å². The van der Waals surface area contributed by atoms with E-state index in [0.717, 1.165) is 51.4 Å². The van der Waals surface area contributed by atoms with Crippen LogP contribution in [0, 0.1) is 0 Å². The van der Waals surface area contributed by atoms with Crippen molar-refractivity contribution in [3.63, 3.8) is 0 Å². The van der Waals surface area contributed by atoms with E-state index in [1.165, 1.54) is 128 Å². The fourth-order valence-corrected chi connectivity index (χ4v) is 7.38. The van der Waals surface area contributed by atoms with E-state index < -0.39 is 12.1 Å². The minimum Gasteiger partial charge on any atom is -0.354 e. The third kappa shape index (κ3) is 28.4. The highest BCUT2D eigenvalue weighted by Gasteiger charge is 2.23. The first-order valence-electron chi connectivity index (χ1n) is 24.0. The molecule has 58 heavy (non-hydrogen) atoms. The lowest BCUT2D eigenvalue weighted by Gasteiger charge is -2.19. The summed E-state index contributed by atoms with van der Waals surface area (Å²) in [6.45, 7) is 6.74. The van der Waals surface area contributed by atoms with E-state index in [0.29, 0.717) is 50.1 Å². The zero-order chi connectivity index (χ0) is 42.3. The van der Waals surface area contributed by atoms with Gasteiger partial charge in [-0.3, -0.25) is 19.2 Å². The molecule has 0 saturated heterocycles. The first kappa shape index (κ1) is 53.0. The summed E-state index contributed by atoms with van der Waals surface area (Å²) in [5.41, 5.74) is 12.1. The van der Waals surface area contributed by atoms with E-state index in [9.17, 15) is 19.2 Å². The lowest BCUT2D eigenvalue weighted by atomic mass is 10.0. The number of benzene rings is 1. The van der Waals surface area contributed by atoms with Crippen molar-refractivity contribution in [1.29, 1.82) is 0 Å². The minimum atomic E-state index is -0.665. The van der Waals surface area contributed by atoms with E-state index in [2.05, 4.69) is 35.1 Å². The molecule has 8 N–H and O–H groups in total. The van der Waals surface area contributed by atoms with Crippen molar-refractivity contribution in [3.05, 3.63) is 35.4 Å². The molecule has 10 heteroatoms. The quantitative estimate of drug-likeness (QED) is 0.0361. The van der Waals surface area contributed by atoms with Crippen LogP contribution < -0.4 is 32.7 Å². The summed E-state index contributed by atoms with van der Waals surface area (Å²) in [5.74, 6) is -1.10. The SMILES string of the molecule is CCCCCCCCCCCCCCNC(=O)[C@H](CCCCN)NC(=O)c1ccc(C(=O)N[C@@H](CCCCN)C(=O)NCCCCCCCCCCCCCC)cc1. The van der Waals surface area contributed by atoms with Gasteiger partial charge in [0.15, 0.2) is 0 Å². The first-order valence-corrected chi connectivity index (χ1v) is 24.0. The first-order chi connectivity index (χ1) is 28.4. The van der Waals surface area contributed by atoms with Crippen LogP contribution >= 0.6 is 0 Å². The van der Waals surface area contributed by atoms with Crippen molar-refractivity contribution < 1.29 is 19.2 Å². The highest BCUT2D eigenvalue weighted by molar-refractivity contribution is 6.00. The second-order valence-corrected chi connectivity index (χ2v) is 16.6. The number of carbonyl (C=O) groups excluding carboxylic acids is 4. The third-order valence-electron chi connectivity index (χ3n) is 11.2. The summed E-state index contributed by atoms with van der Waals surface area (Å²) < 4.78 is 0. The van der Waals surface area contributed by atoms with Gasteiger partial charge in [0.05, 0.1) is 0 Å². The Morgan fingerprint density at radius 1 is 0.414 bits per heavy atom. The van der Waals surface area contributed by atoms with Crippen LogP contribution in [0.15, 0.2) is 24.3 Å². The Hall–Kier alpha value is -2.98. The van der Waals surface area contributed by atoms with E-state index >= 15 is 0 Å². The predicted octanol–water partition coefficient (Wildman–Crippen LogP) is 9.78. The van der Waals surface area contributed by atoms with E-state index in [1.807, 2.05) is 0 Å². The van der Waals surface area contributed by atoms with Crippen LogP contribution in [0.25, 0.3) is 0 Å². The second kappa shape index (κ2) is 38.2. The van der Waals surface area contributed by atoms with Gasteiger partial charge in [-0.1, -0.05) is 155 Å². The molecule has 0 saturated carbocycles. The van der Waals surface area contributed by atoms with Crippen molar-refractivity contribution in [1.82, 2.24) is 21.3 Å². The monoisotopic (exact) mass is 813 g/mol. The molecule has 4 amide bonds. The minimum absolute atomic E-state index is 0.179. The molecular formula is C48H88N6O4. The van der Waals surface area contributed by atoms with Gasteiger partial charge in [0.1, 0.15) is 12.1 Å². The Morgan fingerprint density at radius 2 is 0.690 bits per heavy atom. The van der Waals surface area contributed by atoms with Crippen LogP contribution in [0.2, 0.25) is 0 Å². The molecular weight excluding hydrogens is 725 g/mol. The molecule has 1 aromatic carbocycles. The zero-order valence-electron chi connectivity index (χ0n) is 37.3. The van der Waals surface area contributed by atoms with Gasteiger partial charge in [-0.2, -0.15) is 0 Å². The number of amides is 4. The van der Waals surface area contributed by atoms with Gasteiger partial charge in [-0.15, -0.1) is 0 Å². The highest BCUT2D eigenvalue weighted by Crippen LogP contribution is 2.14. The molecule has 0 bridgehead atoms. The summed E-state index contributed by atoms with van der Waals surface area (Å²) >= 11 is 0. The molecule has 0 unspecified atom stereocenters. The lowest BCUT2D eigenvalue weighted by Crippen LogP contribution is -2.47. The Morgan fingerprint density at radius 3 is 0.966 bits per heavy atom. The van der Waals surface area contributed by atoms with Gasteiger partial charge in [0.2, 0.25) is 11.8 Å². The molecule has 0 aromatic heterocycles. The highest BCUT2D eigenvalue weighted by atomic mass is 16.2. The predicted molar refractivity (Wildman–Crippen MR) is 243 cm³/mol. The van der Waals surface area contributed by atoms with Gasteiger partial charge >= 0.3 is 0 Å². The Balaban J connectivity index is 2.52. The maximum Gasteiger partial charge on any atom is 0.251 e. The van der Waals surface area contributed by atoms with E-state index in [1.54, 1.807) is 24.3 Å². The number of carbonyl (C=O) groups is 4. The molecule has 0 radical (unpaired) electrons. The fourth-order valence-electron chi connectivity index (χ4n) is 7.38. The molecule has 0 aliphatic carbocycles. The molecule has 2 atom stereocenters. The topological polar surface area (TPSA) is 168 Å². The van der Waals surface area contributed by atoms with Crippen LogP contribution in [0.4, 0.5) is 0 Å². The normalized spacial score (nSPS) is 12.2. The lowest BCUT2D eigenvalue weighted by molar-refractivity contribution is -0.123. The number of hydrogen-bond donors (Lipinski definition) is 6. The van der Waals surface area contributed by atoms with Crippen LogP contribution in [0.3, 0.4) is 0 Å². The van der Waals surface area contributed by atoms with E-state index in [-0.39, 0.29) is 23.6 Å². The average molecular weight is 813 g/mol. The Kier molecular flexibility index (Phi) is 35.0. The van der Waals surface area contributed by atoms with Gasteiger partial charge in [0, 0.05) is 24.2 Å². The maximum atomic E-state index is 13.3. The largest absolute Gasteiger partial charge is 0.354 e. The number of rotatable bonds is 40. The Labute approximate surface area is 354 Å². The summed E-state index contributed by atoms with van der Waals surface area (Å²) in [4.78, 5) is 52.8. The molecule has 0 spiro atoms. The summed E-state index contributed by atoms with van der Waals surface area (Å²) in [6, 6.07) is 5.01. The van der Waals surface area contributed by atoms with Gasteiger partial charge in [-0.05, 0) is 88.7 Å². The zero-order valence-corrected chi connectivity index (χ0v) is 37.3. The number of hydrogen-bond acceptors (Lipinski definition) is 6. The molecule has 334 valence electrons. The smallest absolute Gasteiger partial charge is 0.251 e. The van der Waals surface area contributed by atoms with Crippen molar-refractivity contribution >= 4 is 23.6 Å². The van der Waals surface area contributed by atoms with Crippen LogP contribution in [0.1, 0.15) is 227 Å². The molecule has 0 heterocycles.